The van der Waals surface area contributed by atoms with Crippen molar-refractivity contribution in [2.45, 2.75) is 6.92 Å². The maximum atomic E-state index is 13.1. The molecule has 0 aliphatic rings. The Balaban J connectivity index is 3.28. The van der Waals surface area contributed by atoms with Gasteiger partial charge in [-0.1, -0.05) is 0 Å². The first-order valence-corrected chi connectivity index (χ1v) is 3.65. The average Bonchev–Trinajstić information content (AvgIpc) is 1.82. The van der Waals surface area contributed by atoms with E-state index >= 15 is 0 Å². The highest BCUT2D eigenvalue weighted by atomic mass is 19.1. The molecule has 0 saturated carbocycles. The monoisotopic (exact) mass is 171 g/mol. The third kappa shape index (κ3) is 1.55. The van der Waals surface area contributed by atoms with E-state index < -0.39 is 11.6 Å². The van der Waals surface area contributed by atoms with Crippen LogP contribution in [0, 0.1) is 18.6 Å². The maximum absolute atomic E-state index is 13.1. The van der Waals surface area contributed by atoms with Gasteiger partial charge in [-0.3, -0.25) is 0 Å². The summed E-state index contributed by atoms with van der Waals surface area (Å²) in [6.45, 7) is 1.68. The summed E-state index contributed by atoms with van der Waals surface area (Å²) in [4.78, 5) is 1.63. The van der Waals surface area contributed by atoms with Gasteiger partial charge in [-0.2, -0.15) is 0 Å². The van der Waals surface area contributed by atoms with Crippen LogP contribution in [0.15, 0.2) is 12.1 Å². The zero-order valence-corrected chi connectivity index (χ0v) is 7.36. The summed E-state index contributed by atoms with van der Waals surface area (Å²) in [6.07, 6.45) is 0. The molecule has 3 heteroatoms. The number of hydrogen-bond donors (Lipinski definition) is 0. The lowest BCUT2D eigenvalue weighted by Gasteiger charge is -2.16. The summed E-state index contributed by atoms with van der Waals surface area (Å²) in [5.41, 5.74) is 1.05. The SMILES string of the molecule is Cc1cc(F)cc(F)c1N(C)C. The summed E-state index contributed by atoms with van der Waals surface area (Å²) in [5, 5.41) is 0. The molecule has 0 spiro atoms. The average molecular weight is 171 g/mol. The number of hydrogen-bond acceptors (Lipinski definition) is 1. The highest BCUT2D eigenvalue weighted by molar-refractivity contribution is 5.53. The molecule has 0 amide bonds. The van der Waals surface area contributed by atoms with Gasteiger partial charge in [-0.15, -0.1) is 0 Å². The summed E-state index contributed by atoms with van der Waals surface area (Å²) in [7, 11) is 3.45. The molecule has 1 aromatic rings. The standard InChI is InChI=1S/C9H11F2N/c1-6-4-7(10)5-8(11)9(6)12(2)3/h4-5H,1-3H3. The summed E-state index contributed by atoms with van der Waals surface area (Å²) in [6, 6.07) is 2.21. The van der Waals surface area contributed by atoms with Crippen LogP contribution < -0.4 is 4.90 Å². The fourth-order valence-corrected chi connectivity index (χ4v) is 1.26. The quantitative estimate of drug-likeness (QED) is 0.626. The minimum Gasteiger partial charge on any atom is -0.375 e. The fourth-order valence-electron chi connectivity index (χ4n) is 1.26. The van der Waals surface area contributed by atoms with E-state index in [4.69, 9.17) is 0 Å². The Labute approximate surface area is 70.6 Å². The molecule has 0 atom stereocenters. The van der Waals surface area contributed by atoms with Crippen LogP contribution in [-0.2, 0) is 0 Å². The second kappa shape index (κ2) is 3.09. The van der Waals surface area contributed by atoms with Gasteiger partial charge in [0.25, 0.3) is 0 Å². The van der Waals surface area contributed by atoms with Crippen molar-refractivity contribution in [2.75, 3.05) is 19.0 Å². The van der Waals surface area contributed by atoms with E-state index in [-0.39, 0.29) is 0 Å². The Morgan fingerprint density at radius 3 is 2.17 bits per heavy atom. The van der Waals surface area contributed by atoms with E-state index in [1.165, 1.54) is 6.07 Å². The van der Waals surface area contributed by atoms with Crippen LogP contribution in [-0.4, -0.2) is 14.1 Å². The summed E-state index contributed by atoms with van der Waals surface area (Å²) in [5.74, 6) is -1.05. The van der Waals surface area contributed by atoms with Crippen LogP contribution in [0.25, 0.3) is 0 Å². The molecule has 12 heavy (non-hydrogen) atoms. The Hall–Kier alpha value is -1.12. The smallest absolute Gasteiger partial charge is 0.149 e. The van der Waals surface area contributed by atoms with Crippen LogP contribution >= 0.6 is 0 Å². The summed E-state index contributed by atoms with van der Waals surface area (Å²) >= 11 is 0. The van der Waals surface area contributed by atoms with Crippen molar-refractivity contribution in [3.05, 3.63) is 29.3 Å². The molecule has 0 radical (unpaired) electrons. The van der Waals surface area contributed by atoms with E-state index in [0.717, 1.165) is 6.07 Å². The third-order valence-corrected chi connectivity index (χ3v) is 1.67. The van der Waals surface area contributed by atoms with Crippen LogP contribution in [0.4, 0.5) is 14.5 Å². The Kier molecular flexibility index (Phi) is 2.31. The van der Waals surface area contributed by atoms with Gasteiger partial charge in [0.15, 0.2) is 0 Å². The van der Waals surface area contributed by atoms with Crippen LogP contribution in [0.3, 0.4) is 0 Å². The Morgan fingerprint density at radius 1 is 1.17 bits per heavy atom. The van der Waals surface area contributed by atoms with E-state index in [9.17, 15) is 8.78 Å². The Morgan fingerprint density at radius 2 is 1.75 bits per heavy atom. The van der Waals surface area contributed by atoms with Crippen molar-refractivity contribution in [2.24, 2.45) is 0 Å². The molecular weight excluding hydrogens is 160 g/mol. The van der Waals surface area contributed by atoms with Gasteiger partial charge in [0, 0.05) is 20.2 Å². The van der Waals surface area contributed by atoms with E-state index in [1.54, 1.807) is 25.9 Å². The molecule has 0 N–H and O–H groups in total. The molecule has 0 aliphatic carbocycles. The first-order valence-electron chi connectivity index (χ1n) is 3.65. The molecule has 0 heterocycles. The highest BCUT2D eigenvalue weighted by Gasteiger charge is 2.09. The van der Waals surface area contributed by atoms with Crippen molar-refractivity contribution in [3.8, 4) is 0 Å². The largest absolute Gasteiger partial charge is 0.375 e. The van der Waals surface area contributed by atoms with Crippen LogP contribution in [0.2, 0.25) is 0 Å². The molecule has 0 saturated heterocycles. The lowest BCUT2D eigenvalue weighted by molar-refractivity contribution is 0.581. The highest BCUT2D eigenvalue weighted by Crippen LogP contribution is 2.22. The number of anilines is 1. The minimum absolute atomic E-state index is 0.441. The number of rotatable bonds is 1. The zero-order chi connectivity index (χ0) is 9.30. The second-order valence-corrected chi connectivity index (χ2v) is 2.95. The maximum Gasteiger partial charge on any atom is 0.149 e. The molecule has 1 rings (SSSR count). The molecule has 0 unspecified atom stereocenters. The van der Waals surface area contributed by atoms with Gasteiger partial charge in [0.1, 0.15) is 11.6 Å². The topological polar surface area (TPSA) is 3.24 Å². The van der Waals surface area contributed by atoms with Gasteiger partial charge >= 0.3 is 0 Å². The first-order chi connectivity index (χ1) is 5.52. The molecular formula is C9H11F2N. The van der Waals surface area contributed by atoms with Crippen LogP contribution in [0.1, 0.15) is 5.56 Å². The zero-order valence-electron chi connectivity index (χ0n) is 7.36. The van der Waals surface area contributed by atoms with Crippen molar-refractivity contribution < 1.29 is 8.78 Å². The van der Waals surface area contributed by atoms with Crippen molar-refractivity contribution in [1.82, 2.24) is 0 Å². The molecule has 0 aromatic heterocycles. The normalized spacial score (nSPS) is 10.1. The molecule has 1 aromatic carbocycles. The van der Waals surface area contributed by atoms with Gasteiger partial charge in [0.2, 0.25) is 0 Å². The van der Waals surface area contributed by atoms with Gasteiger partial charge in [0.05, 0.1) is 5.69 Å². The van der Waals surface area contributed by atoms with E-state index in [1.807, 2.05) is 0 Å². The van der Waals surface area contributed by atoms with Crippen LogP contribution in [0.5, 0.6) is 0 Å². The van der Waals surface area contributed by atoms with Gasteiger partial charge in [-0.25, -0.2) is 8.78 Å². The third-order valence-electron chi connectivity index (χ3n) is 1.67. The van der Waals surface area contributed by atoms with E-state index in [0.29, 0.717) is 11.3 Å². The molecule has 1 nitrogen and oxygen atoms in total. The molecule has 0 aliphatic heterocycles. The number of halogens is 2. The number of nitrogens with zero attached hydrogens (tertiary/aromatic N) is 1. The van der Waals surface area contributed by atoms with Crippen molar-refractivity contribution >= 4 is 5.69 Å². The Bertz CT molecular complexity index is 272. The van der Waals surface area contributed by atoms with Crippen molar-refractivity contribution in [1.29, 1.82) is 0 Å². The first kappa shape index (κ1) is 8.97. The predicted octanol–water partition coefficient (Wildman–Crippen LogP) is 2.34. The summed E-state index contributed by atoms with van der Waals surface area (Å²) < 4.78 is 25.7. The minimum atomic E-state index is -0.532. The fraction of sp³-hybridized carbons (Fsp3) is 0.333. The predicted molar refractivity (Wildman–Crippen MR) is 45.4 cm³/mol. The number of benzene rings is 1. The molecule has 0 bridgehead atoms. The van der Waals surface area contributed by atoms with Gasteiger partial charge in [-0.05, 0) is 18.6 Å². The van der Waals surface area contributed by atoms with Gasteiger partial charge < -0.3 is 4.90 Å². The molecule has 66 valence electrons. The van der Waals surface area contributed by atoms with Crippen molar-refractivity contribution in [3.63, 3.8) is 0 Å². The number of aryl methyl sites for hydroxylation is 1. The second-order valence-electron chi connectivity index (χ2n) is 2.95. The molecule has 0 fully saturated rings. The lowest BCUT2D eigenvalue weighted by atomic mass is 10.2. The van der Waals surface area contributed by atoms with E-state index in [2.05, 4.69) is 0 Å². The lowest BCUT2D eigenvalue weighted by Crippen LogP contribution is -2.12.